The number of pyridine rings is 1. The molecule has 1 heterocycles. The second-order valence-corrected chi connectivity index (χ2v) is 5.04. The number of hydrogen-bond donors (Lipinski definition) is 1. The van der Waals surface area contributed by atoms with Gasteiger partial charge in [-0.25, -0.2) is 5.43 Å². The second kappa shape index (κ2) is 7.36. The molecule has 1 N–H and O–H groups in total. The average Bonchev–Trinajstić information content (AvgIpc) is 2.53. The number of hydrazone groups is 1. The maximum atomic E-state index is 12.0. The van der Waals surface area contributed by atoms with Gasteiger partial charge in [0.1, 0.15) is 5.75 Å². The fourth-order valence-corrected chi connectivity index (χ4v) is 1.79. The summed E-state index contributed by atoms with van der Waals surface area (Å²) in [6.07, 6.45) is 1.79. The zero-order valence-electron chi connectivity index (χ0n) is 12.9. The highest BCUT2D eigenvalue weighted by atomic mass is 16.5. The summed E-state index contributed by atoms with van der Waals surface area (Å²) in [6, 6.07) is 12.5. The van der Waals surface area contributed by atoms with Crippen LogP contribution in [0.15, 0.2) is 53.8 Å². The number of hydrogen-bond acceptors (Lipinski definition) is 4. The Morgan fingerprint density at radius 2 is 1.91 bits per heavy atom. The number of ether oxygens (including phenoxy) is 1. The molecule has 0 unspecified atom stereocenters. The van der Waals surface area contributed by atoms with Crippen molar-refractivity contribution >= 4 is 11.6 Å². The van der Waals surface area contributed by atoms with E-state index >= 15 is 0 Å². The molecule has 0 spiro atoms. The van der Waals surface area contributed by atoms with Gasteiger partial charge < -0.3 is 4.74 Å². The molecule has 0 saturated heterocycles. The van der Waals surface area contributed by atoms with Crippen molar-refractivity contribution in [2.24, 2.45) is 5.10 Å². The molecule has 5 heteroatoms. The van der Waals surface area contributed by atoms with E-state index in [0.717, 1.165) is 11.4 Å². The molecule has 5 nitrogen and oxygen atoms in total. The van der Waals surface area contributed by atoms with E-state index in [9.17, 15) is 4.79 Å². The molecule has 2 rings (SSSR count). The molecule has 0 radical (unpaired) electrons. The van der Waals surface area contributed by atoms with Crippen LogP contribution in [-0.4, -0.2) is 22.7 Å². The number of nitrogens with one attached hydrogen (secondary N) is 1. The third kappa shape index (κ3) is 4.41. The molecule has 0 aliphatic carbocycles. The predicted molar refractivity (Wildman–Crippen MR) is 86.1 cm³/mol. The van der Waals surface area contributed by atoms with Gasteiger partial charge in [-0.05, 0) is 57.2 Å². The first-order chi connectivity index (χ1) is 10.6. The van der Waals surface area contributed by atoms with Gasteiger partial charge in [0.05, 0.1) is 17.5 Å². The van der Waals surface area contributed by atoms with Gasteiger partial charge in [-0.2, -0.15) is 5.10 Å². The highest BCUT2D eigenvalue weighted by Gasteiger charge is 2.06. The fourth-order valence-electron chi connectivity index (χ4n) is 1.79. The van der Waals surface area contributed by atoms with Crippen LogP contribution in [0, 0.1) is 0 Å². The van der Waals surface area contributed by atoms with E-state index in [4.69, 9.17) is 4.74 Å². The van der Waals surface area contributed by atoms with Crippen LogP contribution < -0.4 is 10.2 Å². The third-order valence-electron chi connectivity index (χ3n) is 2.85. The summed E-state index contributed by atoms with van der Waals surface area (Å²) in [5.41, 5.74) is 4.42. The molecular formula is C17H19N3O2. The first-order valence-electron chi connectivity index (χ1n) is 7.09. The number of carbonyl (C=O) groups is 1. The van der Waals surface area contributed by atoms with Crippen LogP contribution in [0.25, 0.3) is 0 Å². The van der Waals surface area contributed by atoms with Crippen LogP contribution >= 0.6 is 0 Å². The van der Waals surface area contributed by atoms with E-state index in [1.807, 2.05) is 32.0 Å². The molecule has 0 atom stereocenters. The minimum absolute atomic E-state index is 0.102. The SMILES string of the molecule is C/C(=N/NC(=O)c1ccc(OC(C)C)cc1)c1ccccn1. The topological polar surface area (TPSA) is 63.6 Å². The van der Waals surface area contributed by atoms with Crippen molar-refractivity contribution in [1.29, 1.82) is 0 Å². The lowest BCUT2D eigenvalue weighted by molar-refractivity contribution is 0.0955. The quantitative estimate of drug-likeness (QED) is 0.681. The Balaban J connectivity index is 2.00. The molecule has 1 aromatic heterocycles. The van der Waals surface area contributed by atoms with E-state index in [1.165, 1.54) is 0 Å². The van der Waals surface area contributed by atoms with Crippen molar-refractivity contribution in [3.8, 4) is 5.75 Å². The number of amides is 1. The van der Waals surface area contributed by atoms with Gasteiger partial charge in [0, 0.05) is 11.8 Å². The van der Waals surface area contributed by atoms with E-state index in [2.05, 4.69) is 15.5 Å². The van der Waals surface area contributed by atoms with Gasteiger partial charge in [-0.15, -0.1) is 0 Å². The average molecular weight is 297 g/mol. The van der Waals surface area contributed by atoms with E-state index in [0.29, 0.717) is 11.3 Å². The van der Waals surface area contributed by atoms with Crippen molar-refractivity contribution in [3.05, 3.63) is 59.9 Å². The van der Waals surface area contributed by atoms with E-state index in [-0.39, 0.29) is 12.0 Å². The van der Waals surface area contributed by atoms with Gasteiger partial charge in [-0.1, -0.05) is 6.07 Å². The smallest absolute Gasteiger partial charge is 0.271 e. The van der Waals surface area contributed by atoms with Crippen LogP contribution in [0.2, 0.25) is 0 Å². The molecule has 0 fully saturated rings. The molecule has 0 saturated carbocycles. The summed E-state index contributed by atoms with van der Waals surface area (Å²) in [4.78, 5) is 16.2. The minimum atomic E-state index is -0.272. The normalized spacial score (nSPS) is 11.4. The molecule has 114 valence electrons. The third-order valence-corrected chi connectivity index (χ3v) is 2.85. The molecule has 22 heavy (non-hydrogen) atoms. The van der Waals surface area contributed by atoms with Crippen LogP contribution in [0.4, 0.5) is 0 Å². The van der Waals surface area contributed by atoms with Gasteiger partial charge in [-0.3, -0.25) is 9.78 Å². The summed E-state index contributed by atoms with van der Waals surface area (Å²) in [7, 11) is 0. The number of aromatic nitrogens is 1. The Labute approximate surface area is 130 Å². The lowest BCUT2D eigenvalue weighted by Crippen LogP contribution is -2.19. The van der Waals surface area contributed by atoms with Gasteiger partial charge in [0.2, 0.25) is 0 Å². The maximum Gasteiger partial charge on any atom is 0.271 e. The first-order valence-corrected chi connectivity index (χ1v) is 7.09. The summed E-state index contributed by atoms with van der Waals surface area (Å²) in [6.45, 7) is 5.70. The number of nitrogens with zero attached hydrogens (tertiary/aromatic N) is 2. The zero-order chi connectivity index (χ0) is 15.9. The molecule has 1 aromatic carbocycles. The highest BCUT2D eigenvalue weighted by molar-refractivity contribution is 5.99. The second-order valence-electron chi connectivity index (χ2n) is 5.04. The first kappa shape index (κ1) is 15.7. The van der Waals surface area contributed by atoms with Crippen LogP contribution in [0.5, 0.6) is 5.75 Å². The molecule has 0 aliphatic heterocycles. The Hall–Kier alpha value is -2.69. The maximum absolute atomic E-state index is 12.0. The molecule has 1 amide bonds. The predicted octanol–water partition coefficient (Wildman–Crippen LogP) is 3.02. The summed E-state index contributed by atoms with van der Waals surface area (Å²) >= 11 is 0. The fraction of sp³-hybridized carbons (Fsp3) is 0.235. The van der Waals surface area contributed by atoms with Gasteiger partial charge >= 0.3 is 0 Å². The van der Waals surface area contributed by atoms with Crippen molar-refractivity contribution in [1.82, 2.24) is 10.4 Å². The highest BCUT2D eigenvalue weighted by Crippen LogP contribution is 2.13. The van der Waals surface area contributed by atoms with Crippen molar-refractivity contribution in [2.75, 3.05) is 0 Å². The number of rotatable bonds is 5. The lowest BCUT2D eigenvalue weighted by Gasteiger charge is -2.09. The van der Waals surface area contributed by atoms with E-state index < -0.39 is 0 Å². The monoisotopic (exact) mass is 297 g/mol. The molecule has 2 aromatic rings. The number of benzene rings is 1. The van der Waals surface area contributed by atoms with Crippen molar-refractivity contribution in [2.45, 2.75) is 26.9 Å². The Bertz CT molecular complexity index is 649. The Morgan fingerprint density at radius 3 is 2.50 bits per heavy atom. The van der Waals surface area contributed by atoms with Crippen LogP contribution in [0.3, 0.4) is 0 Å². The summed E-state index contributed by atoms with van der Waals surface area (Å²) in [5, 5.41) is 4.06. The van der Waals surface area contributed by atoms with Crippen LogP contribution in [0.1, 0.15) is 36.8 Å². The van der Waals surface area contributed by atoms with Crippen molar-refractivity contribution < 1.29 is 9.53 Å². The summed E-state index contributed by atoms with van der Waals surface area (Å²) < 4.78 is 5.54. The largest absolute Gasteiger partial charge is 0.491 e. The standard InChI is InChI=1S/C17H19N3O2/c1-12(2)22-15-9-7-14(8-10-15)17(21)20-19-13(3)16-6-4-5-11-18-16/h4-12H,1-3H3,(H,20,21)/b19-13-. The van der Waals surface area contributed by atoms with Gasteiger partial charge in [0.15, 0.2) is 0 Å². The minimum Gasteiger partial charge on any atom is -0.491 e. The molecule has 0 aliphatic rings. The van der Waals surface area contributed by atoms with Crippen molar-refractivity contribution in [3.63, 3.8) is 0 Å². The zero-order valence-corrected chi connectivity index (χ0v) is 12.9. The molecule has 0 bridgehead atoms. The van der Waals surface area contributed by atoms with E-state index in [1.54, 1.807) is 37.4 Å². The van der Waals surface area contributed by atoms with Gasteiger partial charge in [0.25, 0.3) is 5.91 Å². The Kier molecular flexibility index (Phi) is 5.25. The lowest BCUT2D eigenvalue weighted by atomic mass is 10.2. The molecular weight excluding hydrogens is 278 g/mol. The number of carbonyl (C=O) groups excluding carboxylic acids is 1. The Morgan fingerprint density at radius 1 is 1.18 bits per heavy atom. The van der Waals surface area contributed by atoms with Crippen LogP contribution in [-0.2, 0) is 0 Å². The summed E-state index contributed by atoms with van der Waals surface area (Å²) in [5.74, 6) is 0.464.